The average Bonchev–Trinajstić information content (AvgIpc) is 2.81. The van der Waals surface area contributed by atoms with Crippen LogP contribution < -0.4 is 10.5 Å². The van der Waals surface area contributed by atoms with Gasteiger partial charge in [0.2, 0.25) is 5.88 Å². The van der Waals surface area contributed by atoms with Gasteiger partial charge in [-0.25, -0.2) is 4.98 Å². The van der Waals surface area contributed by atoms with Crippen molar-refractivity contribution in [2.24, 2.45) is 5.73 Å². The number of carbonyl (C=O) groups excluding carboxylic acids is 1. The quantitative estimate of drug-likeness (QED) is 0.468. The molecule has 1 aliphatic carbocycles. The van der Waals surface area contributed by atoms with E-state index in [0.717, 1.165) is 43.2 Å². The van der Waals surface area contributed by atoms with E-state index in [9.17, 15) is 10.1 Å². The Labute approximate surface area is 188 Å². The lowest BCUT2D eigenvalue weighted by Crippen LogP contribution is -2.59. The SMILES string of the molecule is CCOC(=O)CCCOc1ccc2ncc(C#N)c(CCC34CCC(N)(CC3)CO4)c2n1. The van der Waals surface area contributed by atoms with E-state index < -0.39 is 0 Å². The maximum absolute atomic E-state index is 11.5. The number of nitrogens with two attached hydrogens (primary N) is 1. The second-order valence-electron chi connectivity index (χ2n) is 8.87. The van der Waals surface area contributed by atoms with Crippen LogP contribution in [0.5, 0.6) is 5.88 Å². The van der Waals surface area contributed by atoms with Gasteiger partial charge in [-0.3, -0.25) is 9.78 Å². The number of nitriles is 1. The van der Waals surface area contributed by atoms with Crippen LogP contribution in [0.3, 0.4) is 0 Å². The molecule has 0 amide bonds. The molecule has 2 aromatic heterocycles. The summed E-state index contributed by atoms with van der Waals surface area (Å²) in [5.74, 6) is 0.226. The fourth-order valence-corrected chi connectivity index (χ4v) is 4.62. The molecule has 3 aliphatic rings. The topological polar surface area (TPSA) is 120 Å². The molecule has 2 bridgehead atoms. The van der Waals surface area contributed by atoms with Crippen LogP contribution >= 0.6 is 0 Å². The number of carbonyl (C=O) groups is 1. The number of esters is 1. The zero-order valence-electron chi connectivity index (χ0n) is 18.6. The van der Waals surface area contributed by atoms with Crippen molar-refractivity contribution in [3.63, 3.8) is 0 Å². The summed E-state index contributed by atoms with van der Waals surface area (Å²) in [7, 11) is 0. The van der Waals surface area contributed by atoms with Crippen LogP contribution in [0, 0.1) is 11.3 Å². The predicted octanol–water partition coefficient (Wildman–Crippen LogP) is 3.20. The van der Waals surface area contributed by atoms with Crippen molar-refractivity contribution in [1.82, 2.24) is 9.97 Å². The number of aryl methyl sites for hydroxylation is 1. The van der Waals surface area contributed by atoms with Gasteiger partial charge >= 0.3 is 5.97 Å². The van der Waals surface area contributed by atoms with Crippen molar-refractivity contribution < 1.29 is 19.0 Å². The van der Waals surface area contributed by atoms with Crippen LogP contribution in [0.25, 0.3) is 11.0 Å². The Bertz CT molecular complexity index is 1010. The van der Waals surface area contributed by atoms with Crippen molar-refractivity contribution in [2.75, 3.05) is 19.8 Å². The highest BCUT2D eigenvalue weighted by atomic mass is 16.5. The van der Waals surface area contributed by atoms with Gasteiger partial charge in [0.15, 0.2) is 0 Å². The van der Waals surface area contributed by atoms with Crippen LogP contribution in [0.15, 0.2) is 18.3 Å². The number of hydrogen-bond acceptors (Lipinski definition) is 8. The lowest BCUT2D eigenvalue weighted by atomic mass is 9.70. The Morgan fingerprint density at radius 1 is 1.31 bits per heavy atom. The monoisotopic (exact) mass is 438 g/mol. The molecule has 8 nitrogen and oxygen atoms in total. The van der Waals surface area contributed by atoms with Crippen LogP contribution in [0.2, 0.25) is 0 Å². The van der Waals surface area contributed by atoms with E-state index in [-0.39, 0.29) is 17.1 Å². The molecule has 5 rings (SSSR count). The summed E-state index contributed by atoms with van der Waals surface area (Å²) in [4.78, 5) is 20.5. The second-order valence-corrected chi connectivity index (χ2v) is 8.87. The van der Waals surface area contributed by atoms with Crippen molar-refractivity contribution in [3.05, 3.63) is 29.5 Å². The minimum Gasteiger partial charge on any atom is -0.478 e. The number of rotatable bonds is 9. The predicted molar refractivity (Wildman–Crippen MR) is 118 cm³/mol. The zero-order chi connectivity index (χ0) is 22.6. The van der Waals surface area contributed by atoms with E-state index in [1.165, 1.54) is 0 Å². The highest BCUT2D eigenvalue weighted by Crippen LogP contribution is 2.45. The molecule has 1 saturated carbocycles. The highest BCUT2D eigenvalue weighted by molar-refractivity contribution is 5.80. The molecule has 0 aromatic carbocycles. The number of aromatic nitrogens is 2. The first kappa shape index (κ1) is 22.4. The molecule has 2 aromatic rings. The number of nitrogens with zero attached hydrogens (tertiary/aromatic N) is 3. The van der Waals surface area contributed by atoms with Gasteiger partial charge in [0.1, 0.15) is 6.07 Å². The molecule has 0 atom stereocenters. The van der Waals surface area contributed by atoms with Gasteiger partial charge in [0.25, 0.3) is 0 Å². The molecule has 4 heterocycles. The normalized spacial score (nSPS) is 24.3. The Hall–Kier alpha value is -2.76. The second kappa shape index (κ2) is 9.39. The summed E-state index contributed by atoms with van der Waals surface area (Å²) in [6.07, 6.45) is 7.84. The molecule has 2 saturated heterocycles. The van der Waals surface area contributed by atoms with E-state index in [0.29, 0.717) is 56.0 Å². The van der Waals surface area contributed by atoms with E-state index in [2.05, 4.69) is 16.0 Å². The third-order valence-corrected chi connectivity index (χ3v) is 6.65. The fourth-order valence-electron chi connectivity index (χ4n) is 4.62. The lowest BCUT2D eigenvalue weighted by Gasteiger charge is -2.51. The van der Waals surface area contributed by atoms with E-state index >= 15 is 0 Å². The average molecular weight is 439 g/mol. The Morgan fingerprint density at radius 3 is 2.81 bits per heavy atom. The van der Waals surface area contributed by atoms with Crippen LogP contribution in [-0.4, -0.2) is 46.9 Å². The van der Waals surface area contributed by atoms with Gasteiger partial charge in [-0.1, -0.05) is 0 Å². The van der Waals surface area contributed by atoms with Crippen molar-refractivity contribution >= 4 is 17.0 Å². The molecule has 0 unspecified atom stereocenters. The number of pyridine rings is 2. The third-order valence-electron chi connectivity index (χ3n) is 6.65. The minimum absolute atomic E-state index is 0.162. The molecule has 0 radical (unpaired) electrons. The smallest absolute Gasteiger partial charge is 0.305 e. The molecular formula is C24H30N4O4. The summed E-state index contributed by atoms with van der Waals surface area (Å²) in [5.41, 5.74) is 8.85. The van der Waals surface area contributed by atoms with Crippen LogP contribution in [0.1, 0.15) is 63.0 Å². The zero-order valence-corrected chi connectivity index (χ0v) is 18.6. The Kier molecular flexibility index (Phi) is 6.58. The van der Waals surface area contributed by atoms with Crippen molar-refractivity contribution in [3.8, 4) is 11.9 Å². The van der Waals surface area contributed by atoms with Gasteiger partial charge in [-0.15, -0.1) is 0 Å². The summed E-state index contributed by atoms with van der Waals surface area (Å²) >= 11 is 0. The van der Waals surface area contributed by atoms with Crippen LogP contribution in [0.4, 0.5) is 0 Å². The maximum Gasteiger partial charge on any atom is 0.305 e. The first-order valence-corrected chi connectivity index (χ1v) is 11.4. The molecule has 3 fully saturated rings. The molecule has 8 heteroatoms. The largest absolute Gasteiger partial charge is 0.478 e. The van der Waals surface area contributed by atoms with Crippen molar-refractivity contribution in [1.29, 1.82) is 5.26 Å². The van der Waals surface area contributed by atoms with Crippen LogP contribution in [-0.2, 0) is 20.7 Å². The molecule has 0 spiro atoms. The first-order chi connectivity index (χ1) is 15.5. The molecular weight excluding hydrogens is 408 g/mol. The van der Waals surface area contributed by atoms with Gasteiger partial charge in [0.05, 0.1) is 42.0 Å². The van der Waals surface area contributed by atoms with Gasteiger partial charge in [0, 0.05) is 24.2 Å². The summed E-state index contributed by atoms with van der Waals surface area (Å²) in [6, 6.07) is 5.88. The number of hydrogen-bond donors (Lipinski definition) is 1. The lowest BCUT2D eigenvalue weighted by molar-refractivity contribution is -0.156. The van der Waals surface area contributed by atoms with Gasteiger partial charge in [-0.05, 0) is 63.5 Å². The summed E-state index contributed by atoms with van der Waals surface area (Å²) in [5, 5.41) is 9.68. The first-order valence-electron chi connectivity index (χ1n) is 11.4. The maximum atomic E-state index is 11.5. The highest BCUT2D eigenvalue weighted by Gasteiger charge is 2.47. The number of ether oxygens (including phenoxy) is 3. The number of fused-ring (bicyclic) bond motifs is 4. The standard InChI is InChI=1S/C24H30N4O4/c1-2-30-21(29)4-3-13-31-20-6-5-19-22(28-20)18(17(14-25)15-27-19)7-8-24-11-9-23(26,10-12-24)16-32-24/h5-6,15H,2-4,7-13,16,26H2,1H3. The van der Waals surface area contributed by atoms with E-state index in [1.807, 2.05) is 6.07 Å². The summed E-state index contributed by atoms with van der Waals surface area (Å²) in [6.45, 7) is 3.13. The van der Waals surface area contributed by atoms with E-state index in [4.69, 9.17) is 19.9 Å². The minimum atomic E-state index is -0.230. The fraction of sp³-hybridized carbons (Fsp3) is 0.583. The molecule has 170 valence electrons. The Balaban J connectivity index is 1.47. The summed E-state index contributed by atoms with van der Waals surface area (Å²) < 4.78 is 16.9. The molecule has 32 heavy (non-hydrogen) atoms. The molecule has 2 aliphatic heterocycles. The molecule has 2 N–H and O–H groups in total. The van der Waals surface area contributed by atoms with Crippen molar-refractivity contribution in [2.45, 2.75) is 69.4 Å². The Morgan fingerprint density at radius 2 is 2.12 bits per heavy atom. The van der Waals surface area contributed by atoms with Gasteiger partial charge in [-0.2, -0.15) is 5.26 Å². The van der Waals surface area contributed by atoms with E-state index in [1.54, 1.807) is 19.2 Å². The third kappa shape index (κ3) is 4.84. The van der Waals surface area contributed by atoms with Gasteiger partial charge < -0.3 is 19.9 Å².